The molecule has 0 saturated heterocycles. The summed E-state index contributed by atoms with van der Waals surface area (Å²) in [5.74, 6) is 0.0926. The number of aromatic nitrogens is 1. The van der Waals surface area contributed by atoms with Gasteiger partial charge in [-0.2, -0.15) is 0 Å². The van der Waals surface area contributed by atoms with Gasteiger partial charge in [0.1, 0.15) is 0 Å². The number of rotatable bonds is 0. The molecule has 1 aromatic heterocycles. The molecule has 2 aromatic rings. The normalized spacial score (nSPS) is 11.0. The molecule has 1 aromatic carbocycles. The Balaban J connectivity index is 0.000000453. The number of nitrogens with zero attached hydrogens (tertiary/aromatic N) is 2. The second kappa shape index (κ2) is 11.6. The van der Waals surface area contributed by atoms with Crippen LogP contribution in [0.2, 0.25) is 0 Å². The van der Waals surface area contributed by atoms with Crippen LogP contribution in [0, 0.1) is 6.92 Å². The van der Waals surface area contributed by atoms with E-state index in [0.717, 1.165) is 5.52 Å². The lowest BCUT2D eigenvalue weighted by Crippen LogP contribution is -2.17. The number of amides is 1. The van der Waals surface area contributed by atoms with E-state index in [2.05, 4.69) is 31.2 Å². The van der Waals surface area contributed by atoms with Gasteiger partial charge >= 0.3 is 0 Å². The van der Waals surface area contributed by atoms with E-state index in [1.807, 2.05) is 27.7 Å². The first kappa shape index (κ1) is 22.1. The minimum Gasteiger partial charge on any atom is -0.349 e. The van der Waals surface area contributed by atoms with Gasteiger partial charge in [-0.15, -0.1) is 0 Å². The summed E-state index contributed by atoms with van der Waals surface area (Å²) in [5, 5.41) is 1.33. The molecule has 134 valence electrons. The van der Waals surface area contributed by atoms with Crippen LogP contribution in [0.5, 0.6) is 0 Å². The van der Waals surface area contributed by atoms with Crippen LogP contribution in [0.25, 0.3) is 10.9 Å². The number of hydrogen-bond acceptors (Lipinski definition) is 2. The molecule has 0 saturated carbocycles. The third-order valence-corrected chi connectivity index (χ3v) is 3.83. The molecule has 0 aliphatic heterocycles. The Labute approximate surface area is 148 Å². The molecule has 0 bridgehead atoms. The molecule has 1 amide bonds. The van der Waals surface area contributed by atoms with E-state index in [9.17, 15) is 4.79 Å². The van der Waals surface area contributed by atoms with Gasteiger partial charge in [-0.05, 0) is 43.4 Å². The molecule has 0 N–H and O–H groups in total. The molecule has 0 fully saturated rings. The van der Waals surface area contributed by atoms with Crippen molar-refractivity contribution in [2.24, 2.45) is 0 Å². The number of carbonyl (C=O) groups excluding carboxylic acids is 1. The van der Waals surface area contributed by atoms with Crippen LogP contribution in [-0.2, 0) is 17.6 Å². The highest BCUT2D eigenvalue weighted by Gasteiger charge is 2.16. The monoisotopic (exact) mass is 330 g/mol. The molecular weight excluding hydrogens is 296 g/mol. The number of para-hydroxylation sites is 1. The van der Waals surface area contributed by atoms with Crippen molar-refractivity contribution >= 4 is 16.8 Å². The van der Waals surface area contributed by atoms with Gasteiger partial charge in [0.05, 0.1) is 5.52 Å². The largest absolute Gasteiger partial charge is 0.349 e. The number of hydrogen-bond donors (Lipinski definition) is 0. The van der Waals surface area contributed by atoms with Crippen LogP contribution in [-0.4, -0.2) is 29.9 Å². The zero-order chi connectivity index (χ0) is 18.7. The smallest absolute Gasteiger partial charge is 0.218 e. The predicted octanol–water partition coefficient (Wildman–Crippen LogP) is 5.18. The number of benzene rings is 1. The Morgan fingerprint density at radius 3 is 2.12 bits per heavy atom. The van der Waals surface area contributed by atoms with Crippen LogP contribution in [0.3, 0.4) is 0 Å². The van der Waals surface area contributed by atoms with E-state index >= 15 is 0 Å². The van der Waals surface area contributed by atoms with Crippen molar-refractivity contribution in [3.8, 4) is 0 Å². The summed E-state index contributed by atoms with van der Waals surface area (Å²) >= 11 is 0. The SMILES string of the molecule is CC.CC.CC(=O)N(C)C.Cc1c2c(nc3ccccc13)CCC2. The Kier molecular flexibility index (Phi) is 10.7. The number of pyridine rings is 1. The third kappa shape index (κ3) is 5.95. The van der Waals surface area contributed by atoms with Crippen LogP contribution in [0.4, 0.5) is 0 Å². The molecule has 24 heavy (non-hydrogen) atoms. The van der Waals surface area contributed by atoms with Gasteiger partial charge in [0.15, 0.2) is 0 Å². The van der Waals surface area contributed by atoms with Crippen LogP contribution in [0.15, 0.2) is 24.3 Å². The Morgan fingerprint density at radius 1 is 1.04 bits per heavy atom. The molecule has 3 nitrogen and oxygen atoms in total. The van der Waals surface area contributed by atoms with E-state index in [1.54, 1.807) is 14.1 Å². The molecule has 0 atom stereocenters. The first-order valence-corrected chi connectivity index (χ1v) is 9.05. The molecule has 0 spiro atoms. The molecular formula is C21H34N2O. The summed E-state index contributed by atoms with van der Waals surface area (Å²) in [6.07, 6.45) is 3.67. The molecule has 3 rings (SSSR count). The third-order valence-electron chi connectivity index (χ3n) is 3.83. The maximum atomic E-state index is 10.1. The van der Waals surface area contributed by atoms with Gasteiger partial charge in [0, 0.05) is 32.1 Å². The lowest BCUT2D eigenvalue weighted by molar-refractivity contribution is -0.126. The fourth-order valence-corrected chi connectivity index (χ4v) is 2.45. The Morgan fingerprint density at radius 2 is 1.58 bits per heavy atom. The lowest BCUT2D eigenvalue weighted by Gasteiger charge is -2.07. The summed E-state index contributed by atoms with van der Waals surface area (Å²) in [4.78, 5) is 16.3. The highest BCUT2D eigenvalue weighted by atomic mass is 16.2. The maximum Gasteiger partial charge on any atom is 0.218 e. The van der Waals surface area contributed by atoms with Gasteiger partial charge in [0.25, 0.3) is 0 Å². The molecule has 0 unspecified atom stereocenters. The van der Waals surface area contributed by atoms with Crippen molar-refractivity contribution in [2.45, 2.75) is 60.8 Å². The molecule has 0 radical (unpaired) electrons. The van der Waals surface area contributed by atoms with Crippen LogP contribution in [0.1, 0.15) is 57.9 Å². The number of carbonyl (C=O) groups is 1. The highest BCUT2D eigenvalue weighted by Crippen LogP contribution is 2.28. The lowest BCUT2D eigenvalue weighted by atomic mass is 10.0. The van der Waals surface area contributed by atoms with Gasteiger partial charge in [-0.1, -0.05) is 45.9 Å². The summed E-state index contributed by atoms with van der Waals surface area (Å²) in [6.45, 7) is 11.8. The van der Waals surface area contributed by atoms with Crippen molar-refractivity contribution < 1.29 is 4.79 Å². The molecule has 1 aliphatic carbocycles. The number of aryl methyl sites for hydroxylation is 2. The summed E-state index contributed by atoms with van der Waals surface area (Å²) < 4.78 is 0. The fourth-order valence-electron chi connectivity index (χ4n) is 2.45. The van der Waals surface area contributed by atoms with E-state index in [4.69, 9.17) is 4.98 Å². The van der Waals surface area contributed by atoms with Crippen molar-refractivity contribution in [2.75, 3.05) is 14.1 Å². The van der Waals surface area contributed by atoms with Crippen molar-refractivity contribution in [1.29, 1.82) is 0 Å². The van der Waals surface area contributed by atoms with E-state index < -0.39 is 0 Å². The molecule has 1 heterocycles. The quantitative estimate of drug-likeness (QED) is 0.667. The Bertz CT molecular complexity index is 633. The average molecular weight is 331 g/mol. The van der Waals surface area contributed by atoms with Gasteiger partial charge in [0.2, 0.25) is 5.91 Å². The molecule has 1 aliphatic rings. The van der Waals surface area contributed by atoms with E-state index in [0.29, 0.717) is 0 Å². The van der Waals surface area contributed by atoms with E-state index in [1.165, 1.54) is 53.3 Å². The second-order valence-electron chi connectivity index (χ2n) is 5.45. The first-order chi connectivity index (χ1) is 11.5. The zero-order valence-electron chi connectivity index (χ0n) is 16.7. The van der Waals surface area contributed by atoms with E-state index in [-0.39, 0.29) is 5.91 Å². The van der Waals surface area contributed by atoms with Crippen LogP contribution < -0.4 is 0 Å². The topological polar surface area (TPSA) is 33.2 Å². The average Bonchev–Trinajstić information content (AvgIpc) is 3.08. The van der Waals surface area contributed by atoms with Gasteiger partial charge in [-0.25, -0.2) is 0 Å². The molecule has 3 heteroatoms. The second-order valence-corrected chi connectivity index (χ2v) is 5.45. The van der Waals surface area contributed by atoms with Crippen molar-refractivity contribution in [3.05, 3.63) is 41.1 Å². The van der Waals surface area contributed by atoms with Crippen molar-refractivity contribution in [1.82, 2.24) is 9.88 Å². The summed E-state index contributed by atoms with van der Waals surface area (Å²) in [7, 11) is 3.45. The summed E-state index contributed by atoms with van der Waals surface area (Å²) in [5.41, 5.74) is 5.44. The number of fused-ring (bicyclic) bond motifs is 2. The van der Waals surface area contributed by atoms with Crippen LogP contribution >= 0.6 is 0 Å². The first-order valence-electron chi connectivity index (χ1n) is 9.05. The van der Waals surface area contributed by atoms with Crippen molar-refractivity contribution in [3.63, 3.8) is 0 Å². The van der Waals surface area contributed by atoms with Gasteiger partial charge < -0.3 is 4.90 Å². The minimum atomic E-state index is 0.0926. The standard InChI is InChI=1S/C13H13N.C4H9NO.2C2H6/c1-9-10-5-2-3-7-12(10)14-13-8-4-6-11(9)13;1-4(6)5(2)3;2*1-2/h2-3,5,7H,4,6,8H2,1H3;1-3H3;2*1-2H3. The predicted molar refractivity (Wildman–Crippen MR) is 106 cm³/mol. The minimum absolute atomic E-state index is 0.0926. The maximum absolute atomic E-state index is 10.1. The highest BCUT2D eigenvalue weighted by molar-refractivity contribution is 5.83. The van der Waals surface area contributed by atoms with Gasteiger partial charge in [-0.3, -0.25) is 9.78 Å². The fraction of sp³-hybridized carbons (Fsp3) is 0.524. The summed E-state index contributed by atoms with van der Waals surface area (Å²) in [6, 6.07) is 8.45. The zero-order valence-corrected chi connectivity index (χ0v) is 16.7. The Hall–Kier alpha value is -1.90.